The second-order valence-corrected chi connectivity index (χ2v) is 5.10. The van der Waals surface area contributed by atoms with E-state index < -0.39 is 0 Å². The molecule has 0 aliphatic heterocycles. The Kier molecular flexibility index (Phi) is 5.64. The van der Waals surface area contributed by atoms with Crippen LogP contribution in [0.3, 0.4) is 0 Å². The summed E-state index contributed by atoms with van der Waals surface area (Å²) in [6.07, 6.45) is 3.44. The molecule has 0 radical (unpaired) electrons. The lowest BCUT2D eigenvalue weighted by molar-refractivity contribution is 0.521. The molecule has 0 saturated heterocycles. The van der Waals surface area contributed by atoms with Crippen LogP contribution in [-0.2, 0) is 6.54 Å². The van der Waals surface area contributed by atoms with Crippen molar-refractivity contribution in [1.82, 2.24) is 14.9 Å². The summed E-state index contributed by atoms with van der Waals surface area (Å²) in [7, 11) is 0. The van der Waals surface area contributed by atoms with Gasteiger partial charge in [0.05, 0.1) is 4.47 Å². The van der Waals surface area contributed by atoms with E-state index in [1.807, 2.05) is 0 Å². The van der Waals surface area contributed by atoms with E-state index in [4.69, 9.17) is 0 Å². The van der Waals surface area contributed by atoms with Crippen LogP contribution >= 0.6 is 15.9 Å². The molecule has 0 spiro atoms. The quantitative estimate of drug-likeness (QED) is 0.773. The van der Waals surface area contributed by atoms with Crippen molar-refractivity contribution < 1.29 is 0 Å². The van der Waals surface area contributed by atoms with Crippen LogP contribution in [0, 0.1) is 0 Å². The summed E-state index contributed by atoms with van der Waals surface area (Å²) in [5, 5.41) is 3.31. The fourth-order valence-electron chi connectivity index (χ4n) is 1.45. The summed E-state index contributed by atoms with van der Waals surface area (Å²) in [6.45, 7) is 5.76. The van der Waals surface area contributed by atoms with E-state index in [9.17, 15) is 9.59 Å². The number of aromatic nitrogens is 2. The third kappa shape index (κ3) is 4.87. The maximum atomic E-state index is 11.4. The number of unbranched alkanes of at least 4 members (excludes halogenated alkanes) is 1. The minimum atomic E-state index is -0.382. The van der Waals surface area contributed by atoms with Crippen LogP contribution in [0.25, 0.3) is 0 Å². The van der Waals surface area contributed by atoms with Gasteiger partial charge in [-0.3, -0.25) is 14.3 Å². The monoisotopic (exact) mass is 303 g/mol. The molecule has 5 nitrogen and oxygen atoms in total. The van der Waals surface area contributed by atoms with Gasteiger partial charge in [0.15, 0.2) is 0 Å². The summed E-state index contributed by atoms with van der Waals surface area (Å²) in [5.74, 6) is 0. The third-order valence-corrected chi connectivity index (χ3v) is 2.91. The summed E-state index contributed by atoms with van der Waals surface area (Å²) >= 11 is 3.11. The summed E-state index contributed by atoms with van der Waals surface area (Å²) < 4.78 is 1.90. The van der Waals surface area contributed by atoms with E-state index in [0.29, 0.717) is 17.1 Å². The number of rotatable bonds is 6. The topological polar surface area (TPSA) is 66.9 Å². The van der Waals surface area contributed by atoms with Crippen LogP contribution in [0.5, 0.6) is 0 Å². The Morgan fingerprint density at radius 2 is 2.12 bits per heavy atom. The van der Waals surface area contributed by atoms with E-state index in [0.717, 1.165) is 19.4 Å². The smallest absolute Gasteiger partial charge is 0.315 e. The molecule has 2 N–H and O–H groups in total. The number of nitrogens with zero attached hydrogens (tertiary/aromatic N) is 1. The van der Waals surface area contributed by atoms with Gasteiger partial charge in [0.25, 0.3) is 5.56 Å². The number of hydrogen-bond acceptors (Lipinski definition) is 3. The highest BCUT2D eigenvalue weighted by Gasteiger charge is 2.01. The molecular weight excluding hydrogens is 286 g/mol. The predicted molar refractivity (Wildman–Crippen MR) is 71.4 cm³/mol. The van der Waals surface area contributed by atoms with Gasteiger partial charge < -0.3 is 5.32 Å². The van der Waals surface area contributed by atoms with Crippen LogP contribution in [0.1, 0.15) is 26.7 Å². The molecule has 0 aromatic carbocycles. The van der Waals surface area contributed by atoms with E-state index >= 15 is 0 Å². The standard InChI is InChI=1S/C11H18BrN3O2/c1-8(2)13-5-3-4-6-15-7-9(12)10(16)14-11(15)17/h7-8,13H,3-6H2,1-2H3,(H,14,16,17). The van der Waals surface area contributed by atoms with Crippen molar-refractivity contribution in [2.45, 2.75) is 39.3 Å². The molecule has 0 saturated carbocycles. The van der Waals surface area contributed by atoms with Crippen LogP contribution in [0.2, 0.25) is 0 Å². The molecule has 1 heterocycles. The minimum Gasteiger partial charge on any atom is -0.315 e. The average Bonchev–Trinajstić information content (AvgIpc) is 2.24. The Labute approximate surface area is 108 Å². The van der Waals surface area contributed by atoms with Gasteiger partial charge in [-0.25, -0.2) is 4.79 Å². The highest BCUT2D eigenvalue weighted by Crippen LogP contribution is 1.99. The number of aromatic amines is 1. The molecule has 1 aromatic heterocycles. The van der Waals surface area contributed by atoms with Crippen molar-refractivity contribution in [2.24, 2.45) is 0 Å². The number of H-pyrrole nitrogens is 1. The summed E-state index contributed by atoms with van der Waals surface area (Å²) in [4.78, 5) is 24.8. The van der Waals surface area contributed by atoms with E-state index in [2.05, 4.69) is 40.1 Å². The number of hydrogen-bond donors (Lipinski definition) is 2. The van der Waals surface area contributed by atoms with Crippen LogP contribution in [-0.4, -0.2) is 22.1 Å². The van der Waals surface area contributed by atoms with Gasteiger partial charge >= 0.3 is 5.69 Å². The predicted octanol–water partition coefficient (Wildman–Crippen LogP) is 1.08. The van der Waals surface area contributed by atoms with Gasteiger partial charge in [-0.15, -0.1) is 0 Å². The molecule has 17 heavy (non-hydrogen) atoms. The fourth-order valence-corrected chi connectivity index (χ4v) is 1.79. The van der Waals surface area contributed by atoms with E-state index in [1.54, 1.807) is 0 Å². The van der Waals surface area contributed by atoms with E-state index in [1.165, 1.54) is 10.8 Å². The molecule has 1 rings (SSSR count). The Morgan fingerprint density at radius 1 is 1.41 bits per heavy atom. The van der Waals surface area contributed by atoms with Crippen molar-refractivity contribution in [3.8, 4) is 0 Å². The van der Waals surface area contributed by atoms with E-state index in [-0.39, 0.29) is 11.2 Å². The van der Waals surface area contributed by atoms with Crippen molar-refractivity contribution in [2.75, 3.05) is 6.54 Å². The largest absolute Gasteiger partial charge is 0.328 e. The third-order valence-electron chi connectivity index (χ3n) is 2.35. The second-order valence-electron chi connectivity index (χ2n) is 4.25. The van der Waals surface area contributed by atoms with Gasteiger partial charge in [-0.05, 0) is 35.3 Å². The van der Waals surface area contributed by atoms with Gasteiger partial charge in [-0.2, -0.15) is 0 Å². The van der Waals surface area contributed by atoms with Crippen molar-refractivity contribution in [3.63, 3.8) is 0 Å². The van der Waals surface area contributed by atoms with Crippen molar-refractivity contribution >= 4 is 15.9 Å². The maximum absolute atomic E-state index is 11.4. The fraction of sp³-hybridized carbons (Fsp3) is 0.636. The average molecular weight is 304 g/mol. The highest BCUT2D eigenvalue weighted by molar-refractivity contribution is 9.10. The lowest BCUT2D eigenvalue weighted by Crippen LogP contribution is -2.30. The molecule has 6 heteroatoms. The molecule has 0 bridgehead atoms. The van der Waals surface area contributed by atoms with Gasteiger partial charge in [0, 0.05) is 18.8 Å². The molecule has 0 aliphatic rings. The zero-order valence-corrected chi connectivity index (χ0v) is 11.7. The first-order valence-electron chi connectivity index (χ1n) is 5.73. The zero-order chi connectivity index (χ0) is 12.8. The first-order valence-corrected chi connectivity index (χ1v) is 6.52. The zero-order valence-electron chi connectivity index (χ0n) is 10.1. The van der Waals surface area contributed by atoms with Crippen LogP contribution < -0.4 is 16.6 Å². The number of nitrogens with one attached hydrogen (secondary N) is 2. The first-order chi connectivity index (χ1) is 8.00. The highest BCUT2D eigenvalue weighted by atomic mass is 79.9. The molecule has 0 atom stereocenters. The lowest BCUT2D eigenvalue weighted by atomic mass is 10.3. The molecule has 0 aliphatic carbocycles. The molecular formula is C11H18BrN3O2. The van der Waals surface area contributed by atoms with Gasteiger partial charge in [0.2, 0.25) is 0 Å². The normalized spacial score (nSPS) is 11.1. The van der Waals surface area contributed by atoms with Gasteiger partial charge in [-0.1, -0.05) is 13.8 Å². The number of aryl methyl sites for hydroxylation is 1. The number of halogens is 1. The molecule has 96 valence electrons. The van der Waals surface area contributed by atoms with Crippen molar-refractivity contribution in [1.29, 1.82) is 0 Å². The minimum absolute atomic E-state index is 0.352. The van der Waals surface area contributed by atoms with Gasteiger partial charge in [0.1, 0.15) is 0 Å². The van der Waals surface area contributed by atoms with Crippen molar-refractivity contribution in [3.05, 3.63) is 31.5 Å². The maximum Gasteiger partial charge on any atom is 0.328 e. The Bertz CT molecular complexity index is 465. The Hall–Kier alpha value is -0.880. The molecule has 1 aromatic rings. The SMILES string of the molecule is CC(C)NCCCCn1cc(Br)c(=O)[nH]c1=O. The van der Waals surface area contributed by atoms with Crippen LogP contribution in [0.4, 0.5) is 0 Å². The summed E-state index contributed by atoms with van der Waals surface area (Å²) in [6, 6.07) is 0.486. The first kappa shape index (κ1) is 14.2. The molecule has 0 unspecified atom stereocenters. The Morgan fingerprint density at radius 3 is 2.76 bits per heavy atom. The summed E-state index contributed by atoms with van der Waals surface area (Å²) in [5.41, 5.74) is -0.734. The Balaban J connectivity index is 2.45. The lowest BCUT2D eigenvalue weighted by Gasteiger charge is -2.08. The molecule has 0 fully saturated rings. The van der Waals surface area contributed by atoms with Crippen LogP contribution in [0.15, 0.2) is 20.3 Å². The second kappa shape index (κ2) is 6.76. The molecule has 0 amide bonds.